The molecule has 0 aromatic carbocycles. The van der Waals surface area contributed by atoms with Crippen molar-refractivity contribution in [1.82, 2.24) is 5.32 Å². The summed E-state index contributed by atoms with van der Waals surface area (Å²) in [7, 11) is 0. The number of aliphatic hydroxyl groups is 5. The van der Waals surface area contributed by atoms with Gasteiger partial charge in [-0.3, -0.25) is 4.79 Å². The third kappa shape index (κ3) is 50.5. The molecular formula is C75H127NO8. The first-order chi connectivity index (χ1) is 41.3. The van der Waals surface area contributed by atoms with Crippen molar-refractivity contribution in [3.63, 3.8) is 0 Å². The molecule has 6 N–H and O–H groups in total. The summed E-state index contributed by atoms with van der Waals surface area (Å²) in [6.45, 7) is 3.64. The van der Waals surface area contributed by atoms with Crippen molar-refractivity contribution < 1.29 is 39.8 Å². The highest BCUT2D eigenvalue weighted by Gasteiger charge is 2.44. The van der Waals surface area contributed by atoms with Crippen LogP contribution >= 0.6 is 0 Å². The van der Waals surface area contributed by atoms with Gasteiger partial charge in [0, 0.05) is 6.42 Å². The van der Waals surface area contributed by atoms with Crippen LogP contribution in [0.5, 0.6) is 0 Å². The van der Waals surface area contributed by atoms with Crippen molar-refractivity contribution >= 4 is 5.91 Å². The molecule has 0 saturated carbocycles. The normalized spacial score (nSPS) is 19.1. The summed E-state index contributed by atoms with van der Waals surface area (Å²) < 4.78 is 11.3. The molecule has 9 heteroatoms. The summed E-state index contributed by atoms with van der Waals surface area (Å²) in [6.07, 6.45) is 88.4. The number of carbonyl (C=O) groups is 1. The average Bonchev–Trinajstić information content (AvgIpc) is 3.69. The minimum Gasteiger partial charge on any atom is -0.394 e. The number of allylic oxidation sites excluding steroid dienone is 21. The van der Waals surface area contributed by atoms with Crippen LogP contribution in [0.2, 0.25) is 0 Å². The van der Waals surface area contributed by atoms with Crippen molar-refractivity contribution in [1.29, 1.82) is 0 Å². The smallest absolute Gasteiger partial charge is 0.220 e. The minimum absolute atomic E-state index is 0.219. The van der Waals surface area contributed by atoms with Crippen molar-refractivity contribution in [2.75, 3.05) is 13.2 Å². The van der Waals surface area contributed by atoms with Gasteiger partial charge < -0.3 is 40.3 Å². The third-order valence-electron chi connectivity index (χ3n) is 15.4. The first kappa shape index (κ1) is 78.3. The zero-order valence-electron chi connectivity index (χ0n) is 53.6. The van der Waals surface area contributed by atoms with E-state index in [0.717, 1.165) is 103 Å². The number of amides is 1. The molecule has 0 aliphatic carbocycles. The Morgan fingerprint density at radius 3 is 1.14 bits per heavy atom. The molecule has 0 radical (unpaired) electrons. The first-order valence-electron chi connectivity index (χ1n) is 34.4. The van der Waals surface area contributed by atoms with Gasteiger partial charge in [-0.05, 0) is 109 Å². The molecule has 0 aromatic heterocycles. The predicted octanol–water partition coefficient (Wildman–Crippen LogP) is 18.8. The highest BCUT2D eigenvalue weighted by Crippen LogP contribution is 2.23. The average molecular weight is 1170 g/mol. The molecule has 1 rings (SSSR count). The molecule has 480 valence electrons. The molecule has 9 nitrogen and oxygen atoms in total. The number of ether oxygens (including phenoxy) is 2. The summed E-state index contributed by atoms with van der Waals surface area (Å²) in [5.41, 5.74) is 0. The number of aliphatic hydroxyl groups excluding tert-OH is 5. The summed E-state index contributed by atoms with van der Waals surface area (Å²) >= 11 is 0. The monoisotopic (exact) mass is 1170 g/mol. The van der Waals surface area contributed by atoms with E-state index in [1.807, 2.05) is 6.08 Å². The van der Waals surface area contributed by atoms with Crippen LogP contribution in [0.25, 0.3) is 0 Å². The van der Waals surface area contributed by atoms with Crippen LogP contribution in [0.15, 0.2) is 134 Å². The van der Waals surface area contributed by atoms with Gasteiger partial charge in [0.15, 0.2) is 6.29 Å². The zero-order valence-corrected chi connectivity index (χ0v) is 53.6. The van der Waals surface area contributed by atoms with Crippen molar-refractivity contribution in [2.45, 2.75) is 320 Å². The van der Waals surface area contributed by atoms with Crippen molar-refractivity contribution in [3.05, 3.63) is 134 Å². The van der Waals surface area contributed by atoms with Crippen LogP contribution in [0.1, 0.15) is 277 Å². The number of rotatable bonds is 58. The number of unbranched alkanes of at least 4 members (excludes halogenated alkanes) is 28. The molecule has 7 unspecified atom stereocenters. The molecule has 1 amide bonds. The summed E-state index contributed by atoms with van der Waals surface area (Å²) in [4.78, 5) is 13.1. The van der Waals surface area contributed by atoms with Crippen LogP contribution < -0.4 is 5.32 Å². The van der Waals surface area contributed by atoms with Crippen LogP contribution in [0.3, 0.4) is 0 Å². The Morgan fingerprint density at radius 2 is 0.750 bits per heavy atom. The van der Waals surface area contributed by atoms with Gasteiger partial charge in [-0.15, -0.1) is 0 Å². The molecule has 0 aromatic rings. The lowest BCUT2D eigenvalue weighted by molar-refractivity contribution is -0.302. The first-order valence-corrected chi connectivity index (χ1v) is 34.4. The van der Waals surface area contributed by atoms with Gasteiger partial charge in [0.05, 0.1) is 25.4 Å². The van der Waals surface area contributed by atoms with Crippen LogP contribution in [-0.2, 0) is 14.3 Å². The van der Waals surface area contributed by atoms with E-state index in [1.165, 1.54) is 141 Å². The molecular weight excluding hydrogens is 1040 g/mol. The standard InChI is InChI=1S/C75H127NO8/c1-3-5-7-9-11-13-15-17-19-21-23-25-27-29-31-33-34-35-37-38-40-42-44-46-48-50-52-54-56-58-60-62-64-69(78)68(67-83-75-74(82)73(81)72(80)70(66-77)84-75)76-71(79)65-63-61-59-57-55-53-51-49-47-45-43-41-39-36-32-30-28-26-24-22-20-18-16-14-12-10-8-6-4-2/h6,8,12,14,18,20,24,26,30,32,39,41,45-48,51,53-54,56,62,64,68-70,72-75,77-78,80-82H,3-5,7,9-11,13,15-17,19,21-23,25,27-29,31,33-38,40,42-44,49-50,52,55,57-61,63,65-67H2,1-2H3,(H,76,79)/b8-6-,14-12-,20-18-,26-24-,32-30-,41-39-,47-45-,48-46+,53-51-,56-54+,64-62+. The fraction of sp³-hybridized carbons (Fsp3) is 0.693. The quantitative estimate of drug-likeness (QED) is 0.0261. The Kier molecular flexibility index (Phi) is 58.2. The lowest BCUT2D eigenvalue weighted by Crippen LogP contribution is -2.60. The second kappa shape index (κ2) is 62.4. The maximum Gasteiger partial charge on any atom is 0.220 e. The van der Waals surface area contributed by atoms with E-state index >= 15 is 0 Å². The molecule has 0 bridgehead atoms. The fourth-order valence-corrected chi connectivity index (χ4v) is 10.1. The Morgan fingerprint density at radius 1 is 0.417 bits per heavy atom. The number of hydrogen-bond donors (Lipinski definition) is 6. The Hall–Kier alpha value is -3.67. The fourth-order valence-electron chi connectivity index (χ4n) is 10.1. The van der Waals surface area contributed by atoms with Gasteiger partial charge in [-0.1, -0.05) is 295 Å². The lowest BCUT2D eigenvalue weighted by atomic mass is 9.99. The van der Waals surface area contributed by atoms with E-state index < -0.39 is 49.5 Å². The maximum absolute atomic E-state index is 13.1. The second-order valence-electron chi connectivity index (χ2n) is 23.2. The molecule has 7 atom stereocenters. The van der Waals surface area contributed by atoms with Gasteiger partial charge in [0.2, 0.25) is 5.91 Å². The Balaban J connectivity index is 2.23. The van der Waals surface area contributed by atoms with Crippen molar-refractivity contribution in [2.24, 2.45) is 0 Å². The Labute approximate surface area is 515 Å². The molecule has 1 aliphatic rings. The van der Waals surface area contributed by atoms with Crippen molar-refractivity contribution in [3.8, 4) is 0 Å². The number of carbonyl (C=O) groups excluding carboxylic acids is 1. The SMILES string of the molecule is CC/C=C\C/C=C\C/C=C\C/C=C\C/C=C\C/C=C\C/C=C\C/C=C\CCCCCCC(=O)NC(COC1OC(CO)C(O)C(O)C1O)C(O)/C=C/CC/C=C/CC/C=C/CCCCCCCCCCCCCCCCCCCCCCCC. The Bertz CT molecular complexity index is 1790. The number of nitrogens with one attached hydrogen (secondary N) is 1. The van der Waals surface area contributed by atoms with E-state index in [1.54, 1.807) is 6.08 Å². The van der Waals surface area contributed by atoms with Gasteiger partial charge in [-0.25, -0.2) is 0 Å². The summed E-state index contributed by atoms with van der Waals surface area (Å²) in [5.74, 6) is -0.219. The van der Waals surface area contributed by atoms with Gasteiger partial charge in [0.25, 0.3) is 0 Å². The largest absolute Gasteiger partial charge is 0.394 e. The predicted molar refractivity (Wildman–Crippen MR) is 359 cm³/mol. The van der Waals surface area contributed by atoms with Gasteiger partial charge in [0.1, 0.15) is 24.4 Å². The molecule has 1 aliphatic heterocycles. The van der Waals surface area contributed by atoms with E-state index in [2.05, 4.69) is 141 Å². The highest BCUT2D eigenvalue weighted by atomic mass is 16.7. The highest BCUT2D eigenvalue weighted by molar-refractivity contribution is 5.76. The van der Waals surface area contributed by atoms with Crippen LogP contribution in [-0.4, -0.2) is 87.5 Å². The molecule has 0 spiro atoms. The van der Waals surface area contributed by atoms with Gasteiger partial charge in [-0.2, -0.15) is 0 Å². The van der Waals surface area contributed by atoms with E-state index in [9.17, 15) is 30.3 Å². The van der Waals surface area contributed by atoms with E-state index in [0.29, 0.717) is 19.3 Å². The van der Waals surface area contributed by atoms with E-state index in [4.69, 9.17) is 9.47 Å². The van der Waals surface area contributed by atoms with Crippen LogP contribution in [0, 0.1) is 0 Å². The second-order valence-corrected chi connectivity index (χ2v) is 23.2. The topological polar surface area (TPSA) is 149 Å². The molecule has 1 saturated heterocycles. The van der Waals surface area contributed by atoms with Gasteiger partial charge >= 0.3 is 0 Å². The molecule has 1 heterocycles. The summed E-state index contributed by atoms with van der Waals surface area (Å²) in [5, 5.41) is 54.7. The summed E-state index contributed by atoms with van der Waals surface area (Å²) in [6, 6.07) is -0.855. The molecule has 1 fully saturated rings. The van der Waals surface area contributed by atoms with E-state index in [-0.39, 0.29) is 12.5 Å². The number of hydrogen-bond acceptors (Lipinski definition) is 8. The third-order valence-corrected chi connectivity index (χ3v) is 15.4. The zero-order chi connectivity index (χ0) is 60.7. The minimum atomic E-state index is -1.59. The maximum atomic E-state index is 13.1. The lowest BCUT2D eigenvalue weighted by Gasteiger charge is -2.40. The molecule has 84 heavy (non-hydrogen) atoms. The van der Waals surface area contributed by atoms with Crippen LogP contribution in [0.4, 0.5) is 0 Å².